The highest BCUT2D eigenvalue weighted by atomic mass is 79.9. The number of fused-ring (bicyclic) bond motifs is 5. The lowest BCUT2D eigenvalue weighted by Crippen LogP contribution is -2.38. The van der Waals surface area contributed by atoms with E-state index < -0.39 is 6.04 Å². The van der Waals surface area contributed by atoms with Crippen LogP contribution in [0.3, 0.4) is 0 Å². The van der Waals surface area contributed by atoms with E-state index in [1.165, 1.54) is 4.90 Å². The van der Waals surface area contributed by atoms with E-state index in [-0.39, 0.29) is 47.8 Å². The van der Waals surface area contributed by atoms with Crippen LogP contribution in [0.15, 0.2) is 65.3 Å². The van der Waals surface area contributed by atoms with E-state index in [1.54, 1.807) is 24.4 Å². The van der Waals surface area contributed by atoms with Gasteiger partial charge in [0.25, 0.3) is 0 Å². The maximum absolute atomic E-state index is 13.3. The average Bonchev–Trinajstić information content (AvgIpc) is 3.41. The zero-order valence-electron chi connectivity index (χ0n) is 16.1. The number of hydrogen-bond donors (Lipinski definition) is 1. The zero-order valence-corrected chi connectivity index (χ0v) is 17.7. The summed E-state index contributed by atoms with van der Waals surface area (Å²) in [6, 6.07) is 12.0. The number of aromatic nitrogens is 1. The molecule has 2 aliphatic carbocycles. The molecule has 5 unspecified atom stereocenters. The molecule has 0 spiro atoms. The second-order valence-corrected chi connectivity index (χ2v) is 9.00. The van der Waals surface area contributed by atoms with E-state index >= 15 is 0 Å². The number of carbonyl (C=O) groups is 3. The number of nitrogens with zero attached hydrogens (tertiary/aromatic N) is 2. The molecule has 2 fully saturated rings. The summed E-state index contributed by atoms with van der Waals surface area (Å²) in [5, 5.41) is 2.77. The van der Waals surface area contributed by atoms with Crippen molar-refractivity contribution >= 4 is 39.5 Å². The predicted octanol–water partition coefficient (Wildman–Crippen LogP) is 3.72. The van der Waals surface area contributed by atoms with Crippen molar-refractivity contribution in [2.24, 2.45) is 23.7 Å². The fraction of sp³-hybridized carbons (Fsp3) is 0.304. The molecule has 1 aliphatic heterocycles. The van der Waals surface area contributed by atoms with Gasteiger partial charge in [-0.25, -0.2) is 4.98 Å². The SMILES string of the molecule is O=C(CC(c1cccc(Br)c1)N1C(=O)C2C3C=CC(C3)C2C1=O)Nc1ccccn1. The molecule has 152 valence electrons. The van der Waals surface area contributed by atoms with Gasteiger partial charge in [0, 0.05) is 10.7 Å². The summed E-state index contributed by atoms with van der Waals surface area (Å²) in [5.74, 6) is -0.484. The standard InChI is InChI=1S/C23H20BrN3O3/c24-16-5-3-4-13(11-16)17(12-19(28)26-18-6-1-2-9-25-18)27-22(29)20-14-7-8-15(10-14)21(20)23(27)30/h1-9,11,14-15,17,20-21H,10,12H2,(H,25,26,28). The van der Waals surface area contributed by atoms with Gasteiger partial charge in [-0.05, 0) is 48.1 Å². The summed E-state index contributed by atoms with van der Waals surface area (Å²) < 4.78 is 0.830. The molecule has 1 N–H and O–H groups in total. The highest BCUT2D eigenvalue weighted by molar-refractivity contribution is 9.10. The third-order valence-corrected chi connectivity index (χ3v) is 6.85. The highest BCUT2D eigenvalue weighted by Crippen LogP contribution is 2.54. The number of nitrogens with one attached hydrogen (secondary N) is 1. The van der Waals surface area contributed by atoms with Gasteiger partial charge in [0.05, 0.1) is 24.3 Å². The van der Waals surface area contributed by atoms with E-state index in [0.717, 1.165) is 16.5 Å². The van der Waals surface area contributed by atoms with Gasteiger partial charge in [0.1, 0.15) is 5.82 Å². The van der Waals surface area contributed by atoms with E-state index in [4.69, 9.17) is 0 Å². The molecule has 3 amide bonds. The van der Waals surface area contributed by atoms with Gasteiger partial charge in [0.2, 0.25) is 17.7 Å². The molecule has 2 heterocycles. The lowest BCUT2D eigenvalue weighted by atomic mass is 9.85. The normalized spacial score (nSPS) is 27.4. The topological polar surface area (TPSA) is 79.4 Å². The van der Waals surface area contributed by atoms with E-state index in [9.17, 15) is 14.4 Å². The molecule has 5 rings (SSSR count). The molecular weight excluding hydrogens is 446 g/mol. The van der Waals surface area contributed by atoms with Crippen molar-refractivity contribution in [2.75, 3.05) is 5.32 Å². The van der Waals surface area contributed by atoms with Crippen LogP contribution < -0.4 is 5.32 Å². The fourth-order valence-corrected chi connectivity index (χ4v) is 5.53. The zero-order chi connectivity index (χ0) is 20.8. The molecule has 30 heavy (non-hydrogen) atoms. The minimum Gasteiger partial charge on any atom is -0.311 e. The number of anilines is 1. The van der Waals surface area contributed by atoms with Crippen LogP contribution in [0, 0.1) is 23.7 Å². The van der Waals surface area contributed by atoms with Crippen LogP contribution in [0.4, 0.5) is 5.82 Å². The van der Waals surface area contributed by atoms with Gasteiger partial charge in [0.15, 0.2) is 0 Å². The molecule has 7 heteroatoms. The summed E-state index contributed by atoms with van der Waals surface area (Å²) in [5.41, 5.74) is 0.752. The van der Waals surface area contributed by atoms with Crippen LogP contribution in [0.1, 0.15) is 24.4 Å². The first-order chi connectivity index (χ1) is 14.5. The molecule has 6 nitrogen and oxygen atoms in total. The third-order valence-electron chi connectivity index (χ3n) is 6.36. The van der Waals surface area contributed by atoms with Crippen molar-refractivity contribution in [1.82, 2.24) is 9.88 Å². The molecule has 2 bridgehead atoms. The summed E-state index contributed by atoms with van der Waals surface area (Å²) in [6.07, 6.45) is 6.60. The number of likely N-dealkylation sites (tertiary alicyclic amines) is 1. The molecule has 1 saturated heterocycles. The largest absolute Gasteiger partial charge is 0.311 e. The summed E-state index contributed by atoms with van der Waals surface area (Å²) in [6.45, 7) is 0. The van der Waals surface area contributed by atoms with Crippen molar-refractivity contribution < 1.29 is 14.4 Å². The predicted molar refractivity (Wildman–Crippen MR) is 114 cm³/mol. The molecule has 0 radical (unpaired) electrons. The number of hydrogen-bond acceptors (Lipinski definition) is 4. The first kappa shape index (κ1) is 19.2. The van der Waals surface area contributed by atoms with Gasteiger partial charge >= 0.3 is 0 Å². The number of imide groups is 1. The van der Waals surface area contributed by atoms with Crippen LogP contribution in [-0.2, 0) is 14.4 Å². The lowest BCUT2D eigenvalue weighted by Gasteiger charge is -2.28. The molecule has 2 aromatic rings. The number of allylic oxidation sites excluding steroid dienone is 2. The van der Waals surface area contributed by atoms with E-state index in [0.29, 0.717) is 5.82 Å². The molecule has 1 aromatic heterocycles. The van der Waals surface area contributed by atoms with Gasteiger partial charge in [-0.2, -0.15) is 0 Å². The minimum absolute atomic E-state index is 0.0211. The number of amides is 3. The number of halogens is 1. The summed E-state index contributed by atoms with van der Waals surface area (Å²) in [4.78, 5) is 45.0. The van der Waals surface area contributed by atoms with Crippen molar-refractivity contribution in [1.29, 1.82) is 0 Å². The second kappa shape index (κ2) is 7.47. The Morgan fingerprint density at radius 1 is 1.10 bits per heavy atom. The minimum atomic E-state index is -0.656. The van der Waals surface area contributed by atoms with Crippen molar-refractivity contribution in [3.63, 3.8) is 0 Å². The monoisotopic (exact) mass is 465 g/mol. The maximum atomic E-state index is 13.3. The smallest absolute Gasteiger partial charge is 0.234 e. The highest BCUT2D eigenvalue weighted by Gasteiger charge is 2.60. The third kappa shape index (κ3) is 3.17. The molecular formula is C23H20BrN3O3. The van der Waals surface area contributed by atoms with Crippen LogP contribution in [0.2, 0.25) is 0 Å². The summed E-state index contributed by atoms with van der Waals surface area (Å²) >= 11 is 3.46. The summed E-state index contributed by atoms with van der Waals surface area (Å²) in [7, 11) is 0. The van der Waals surface area contributed by atoms with Gasteiger partial charge in [-0.15, -0.1) is 0 Å². The average molecular weight is 466 g/mol. The quantitative estimate of drug-likeness (QED) is 0.538. The Morgan fingerprint density at radius 3 is 2.47 bits per heavy atom. The Balaban J connectivity index is 1.45. The van der Waals surface area contributed by atoms with E-state index in [2.05, 4.69) is 38.4 Å². The Hall–Kier alpha value is -2.80. The van der Waals surface area contributed by atoms with Crippen LogP contribution in [-0.4, -0.2) is 27.6 Å². The maximum Gasteiger partial charge on any atom is 0.234 e. The van der Waals surface area contributed by atoms with Crippen LogP contribution >= 0.6 is 15.9 Å². The lowest BCUT2D eigenvalue weighted by molar-refractivity contribution is -0.144. The van der Waals surface area contributed by atoms with Crippen LogP contribution in [0.25, 0.3) is 0 Å². The first-order valence-corrected chi connectivity index (χ1v) is 10.8. The fourth-order valence-electron chi connectivity index (χ4n) is 5.11. The molecule has 1 saturated carbocycles. The van der Waals surface area contributed by atoms with Crippen molar-refractivity contribution in [2.45, 2.75) is 18.9 Å². The van der Waals surface area contributed by atoms with Gasteiger partial charge in [-0.1, -0.05) is 46.3 Å². The molecule has 5 atom stereocenters. The molecule has 3 aliphatic rings. The number of pyridine rings is 1. The van der Waals surface area contributed by atoms with E-state index in [1.807, 2.05) is 24.3 Å². The van der Waals surface area contributed by atoms with Crippen LogP contribution in [0.5, 0.6) is 0 Å². The Bertz CT molecular complexity index is 1020. The Kier molecular flexibility index (Phi) is 4.77. The van der Waals surface area contributed by atoms with Crippen molar-refractivity contribution in [3.8, 4) is 0 Å². The van der Waals surface area contributed by atoms with Crippen molar-refractivity contribution in [3.05, 3.63) is 70.8 Å². The molecule has 1 aromatic carbocycles. The van der Waals surface area contributed by atoms with Gasteiger partial charge in [-0.3, -0.25) is 19.3 Å². The van der Waals surface area contributed by atoms with Gasteiger partial charge < -0.3 is 5.32 Å². The number of benzene rings is 1. The Labute approximate surface area is 182 Å². The first-order valence-electron chi connectivity index (χ1n) is 10.0. The Morgan fingerprint density at radius 2 is 1.83 bits per heavy atom. The second-order valence-electron chi connectivity index (χ2n) is 8.08. The number of carbonyl (C=O) groups excluding carboxylic acids is 3. The number of rotatable bonds is 5.